The zero-order valence-electron chi connectivity index (χ0n) is 10.1. The zero-order valence-corrected chi connectivity index (χ0v) is 10.9. The maximum atomic E-state index is 11.6. The standard InChI is InChI=1S/C11H16N2O4S/c1-2-6-18(16,17)8-11(12)9-4-3-5-10(7-9)13(14)15/h3-5,7,11H,2,6,8,12H2,1H3. The van der Waals surface area contributed by atoms with Crippen LogP contribution in [0.4, 0.5) is 5.69 Å². The lowest BCUT2D eigenvalue weighted by Gasteiger charge is -2.11. The lowest BCUT2D eigenvalue weighted by Crippen LogP contribution is -2.23. The molecule has 0 aliphatic carbocycles. The molecule has 2 N–H and O–H groups in total. The van der Waals surface area contributed by atoms with Gasteiger partial charge in [-0.3, -0.25) is 10.1 Å². The maximum absolute atomic E-state index is 11.6. The van der Waals surface area contributed by atoms with Crippen molar-refractivity contribution in [1.29, 1.82) is 0 Å². The molecule has 0 aliphatic heterocycles. The molecule has 1 aromatic rings. The molecule has 0 amide bonds. The van der Waals surface area contributed by atoms with Crippen molar-refractivity contribution in [2.24, 2.45) is 5.73 Å². The Kier molecular flexibility index (Phi) is 4.80. The fraction of sp³-hybridized carbons (Fsp3) is 0.455. The van der Waals surface area contributed by atoms with Crippen molar-refractivity contribution < 1.29 is 13.3 Å². The van der Waals surface area contributed by atoms with Crippen LogP contribution in [0.1, 0.15) is 24.9 Å². The predicted octanol–water partition coefficient (Wildman–Crippen LogP) is 1.42. The van der Waals surface area contributed by atoms with Crippen LogP contribution >= 0.6 is 0 Å². The highest BCUT2D eigenvalue weighted by atomic mass is 32.2. The van der Waals surface area contributed by atoms with Crippen molar-refractivity contribution in [2.75, 3.05) is 11.5 Å². The number of non-ortho nitro benzene ring substituents is 1. The molecule has 0 fully saturated rings. The molecule has 0 heterocycles. The Morgan fingerprint density at radius 1 is 1.44 bits per heavy atom. The third kappa shape index (κ3) is 4.08. The average molecular weight is 272 g/mol. The molecule has 1 atom stereocenters. The fourth-order valence-corrected chi connectivity index (χ4v) is 3.16. The summed E-state index contributed by atoms with van der Waals surface area (Å²) >= 11 is 0. The summed E-state index contributed by atoms with van der Waals surface area (Å²) in [6.45, 7) is 1.77. The van der Waals surface area contributed by atoms with Gasteiger partial charge in [0.2, 0.25) is 0 Å². The van der Waals surface area contributed by atoms with Crippen LogP contribution in [0.2, 0.25) is 0 Å². The minimum atomic E-state index is -3.21. The second kappa shape index (κ2) is 5.92. The minimum absolute atomic E-state index is 0.0790. The number of sulfone groups is 1. The average Bonchev–Trinajstić information content (AvgIpc) is 2.28. The van der Waals surface area contributed by atoms with Gasteiger partial charge in [0.15, 0.2) is 9.84 Å². The van der Waals surface area contributed by atoms with Crippen LogP contribution < -0.4 is 5.73 Å². The van der Waals surface area contributed by atoms with Gasteiger partial charge >= 0.3 is 0 Å². The highest BCUT2D eigenvalue weighted by Crippen LogP contribution is 2.19. The zero-order chi connectivity index (χ0) is 13.8. The smallest absolute Gasteiger partial charge is 0.269 e. The molecule has 1 rings (SSSR count). The maximum Gasteiger partial charge on any atom is 0.269 e. The van der Waals surface area contributed by atoms with E-state index >= 15 is 0 Å². The van der Waals surface area contributed by atoms with E-state index in [4.69, 9.17) is 5.73 Å². The summed E-state index contributed by atoms with van der Waals surface area (Å²) in [4.78, 5) is 10.1. The third-order valence-electron chi connectivity index (χ3n) is 2.46. The molecule has 0 spiro atoms. The molecule has 0 radical (unpaired) electrons. The van der Waals surface area contributed by atoms with Crippen LogP contribution in [0.3, 0.4) is 0 Å². The van der Waals surface area contributed by atoms with Crippen LogP contribution in [0.15, 0.2) is 24.3 Å². The van der Waals surface area contributed by atoms with Gasteiger partial charge in [-0.25, -0.2) is 8.42 Å². The normalized spacial score (nSPS) is 13.2. The fourth-order valence-electron chi connectivity index (χ4n) is 1.63. The summed E-state index contributed by atoms with van der Waals surface area (Å²) in [6, 6.07) is 5.02. The summed E-state index contributed by atoms with van der Waals surface area (Å²) < 4.78 is 23.2. The molecule has 0 aromatic heterocycles. The summed E-state index contributed by atoms with van der Waals surface area (Å²) in [5.74, 6) is -0.113. The Morgan fingerprint density at radius 2 is 2.11 bits per heavy atom. The van der Waals surface area contributed by atoms with Crippen molar-refractivity contribution >= 4 is 15.5 Å². The van der Waals surface area contributed by atoms with Crippen molar-refractivity contribution in [3.05, 3.63) is 39.9 Å². The first kappa shape index (κ1) is 14.6. The molecule has 7 heteroatoms. The highest BCUT2D eigenvalue weighted by molar-refractivity contribution is 7.91. The summed E-state index contributed by atoms with van der Waals surface area (Å²) in [5.41, 5.74) is 6.15. The first-order valence-corrected chi connectivity index (χ1v) is 7.38. The topological polar surface area (TPSA) is 103 Å². The molecule has 0 saturated carbocycles. The summed E-state index contributed by atoms with van der Waals surface area (Å²) in [7, 11) is -3.21. The van der Waals surface area contributed by atoms with E-state index in [2.05, 4.69) is 0 Å². The second-order valence-electron chi connectivity index (χ2n) is 4.07. The van der Waals surface area contributed by atoms with E-state index in [0.717, 1.165) is 0 Å². The van der Waals surface area contributed by atoms with Gasteiger partial charge in [-0.1, -0.05) is 19.1 Å². The van der Waals surface area contributed by atoms with Gasteiger partial charge < -0.3 is 5.73 Å². The second-order valence-corrected chi connectivity index (χ2v) is 6.30. The van der Waals surface area contributed by atoms with E-state index in [1.807, 2.05) is 0 Å². The van der Waals surface area contributed by atoms with Gasteiger partial charge in [0.1, 0.15) is 0 Å². The Bertz CT molecular complexity index is 528. The Labute approximate surface area is 106 Å². The quantitative estimate of drug-likeness (QED) is 0.623. The first-order chi connectivity index (χ1) is 8.35. The summed E-state index contributed by atoms with van der Waals surface area (Å²) in [6.07, 6.45) is 0.532. The molecule has 6 nitrogen and oxygen atoms in total. The third-order valence-corrected chi connectivity index (χ3v) is 4.36. The number of benzene rings is 1. The van der Waals surface area contributed by atoms with E-state index in [1.165, 1.54) is 18.2 Å². The number of nitro benzene ring substituents is 1. The van der Waals surface area contributed by atoms with Crippen LogP contribution in [0.5, 0.6) is 0 Å². The van der Waals surface area contributed by atoms with Crippen LogP contribution in [0, 0.1) is 10.1 Å². The van der Waals surface area contributed by atoms with E-state index in [9.17, 15) is 18.5 Å². The van der Waals surface area contributed by atoms with Crippen molar-refractivity contribution in [3.8, 4) is 0 Å². The molecule has 0 saturated heterocycles. The van der Waals surface area contributed by atoms with E-state index in [-0.39, 0.29) is 17.2 Å². The van der Waals surface area contributed by atoms with Crippen molar-refractivity contribution in [2.45, 2.75) is 19.4 Å². The van der Waals surface area contributed by atoms with Gasteiger partial charge in [-0.05, 0) is 12.0 Å². The highest BCUT2D eigenvalue weighted by Gasteiger charge is 2.18. The lowest BCUT2D eigenvalue weighted by molar-refractivity contribution is -0.384. The van der Waals surface area contributed by atoms with E-state index < -0.39 is 20.8 Å². The van der Waals surface area contributed by atoms with Gasteiger partial charge in [0.25, 0.3) is 5.69 Å². The molecule has 0 aliphatic rings. The number of nitro groups is 1. The molecule has 1 aromatic carbocycles. The van der Waals surface area contributed by atoms with Crippen LogP contribution in [-0.2, 0) is 9.84 Å². The van der Waals surface area contributed by atoms with Crippen LogP contribution in [-0.4, -0.2) is 24.8 Å². The Morgan fingerprint density at radius 3 is 2.67 bits per heavy atom. The van der Waals surface area contributed by atoms with Crippen LogP contribution in [0.25, 0.3) is 0 Å². The molecular weight excluding hydrogens is 256 g/mol. The van der Waals surface area contributed by atoms with Gasteiger partial charge in [-0.2, -0.15) is 0 Å². The number of hydrogen-bond acceptors (Lipinski definition) is 5. The van der Waals surface area contributed by atoms with E-state index in [1.54, 1.807) is 13.0 Å². The SMILES string of the molecule is CCCS(=O)(=O)CC(N)c1cccc([N+](=O)[O-])c1. The van der Waals surface area contributed by atoms with Crippen molar-refractivity contribution in [1.82, 2.24) is 0 Å². The molecule has 100 valence electrons. The molecular formula is C11H16N2O4S. The van der Waals surface area contributed by atoms with E-state index in [0.29, 0.717) is 12.0 Å². The monoisotopic (exact) mass is 272 g/mol. The predicted molar refractivity (Wildman–Crippen MR) is 69.0 cm³/mol. The van der Waals surface area contributed by atoms with Gasteiger partial charge in [0, 0.05) is 23.9 Å². The van der Waals surface area contributed by atoms with Gasteiger partial charge in [-0.15, -0.1) is 0 Å². The Balaban J connectivity index is 2.88. The van der Waals surface area contributed by atoms with Crippen molar-refractivity contribution in [3.63, 3.8) is 0 Å². The lowest BCUT2D eigenvalue weighted by atomic mass is 10.1. The molecule has 1 unspecified atom stereocenters. The first-order valence-electron chi connectivity index (χ1n) is 5.56. The molecule has 18 heavy (non-hydrogen) atoms. The largest absolute Gasteiger partial charge is 0.323 e. The number of nitrogens with zero attached hydrogens (tertiary/aromatic N) is 1. The minimum Gasteiger partial charge on any atom is -0.323 e. The number of rotatable bonds is 6. The Hall–Kier alpha value is -1.47. The van der Waals surface area contributed by atoms with Gasteiger partial charge in [0.05, 0.1) is 10.7 Å². The number of hydrogen-bond donors (Lipinski definition) is 1. The molecule has 0 bridgehead atoms. The number of nitrogens with two attached hydrogens (primary N) is 1. The summed E-state index contributed by atoms with van der Waals surface area (Å²) in [5, 5.41) is 10.6.